The van der Waals surface area contributed by atoms with Crippen LogP contribution in [0.1, 0.15) is 10.4 Å². The molecule has 0 saturated carbocycles. The maximum atomic E-state index is 12.0. The molecule has 7 heteroatoms. The molecule has 23 heavy (non-hydrogen) atoms. The Labute approximate surface area is 145 Å². The number of carbonyl (C=O) groups excluding carboxylic acids is 1. The first-order valence-corrected chi connectivity index (χ1v) is 7.83. The number of rotatable bonds is 6. The molecule has 1 aromatic heterocycles. The van der Waals surface area contributed by atoms with E-state index >= 15 is 0 Å². The highest BCUT2D eigenvalue weighted by atomic mass is 35.5. The number of anilines is 2. The summed E-state index contributed by atoms with van der Waals surface area (Å²) in [4.78, 5) is 18.2. The molecule has 0 aliphatic carbocycles. The number of carbonyl (C=O) groups is 1. The number of nitrogens with one attached hydrogen (secondary N) is 2. The number of pyridine rings is 1. The molecule has 0 radical (unpaired) electrons. The van der Waals surface area contributed by atoms with Gasteiger partial charge in [-0.15, -0.1) is 0 Å². The maximum Gasteiger partial charge on any atom is 0.252 e. The average molecular weight is 353 g/mol. The topological polar surface area (TPSA) is 57.3 Å². The van der Waals surface area contributed by atoms with Crippen LogP contribution in [-0.4, -0.2) is 43.0 Å². The van der Waals surface area contributed by atoms with Crippen LogP contribution in [0.3, 0.4) is 0 Å². The molecule has 0 unspecified atom stereocenters. The van der Waals surface area contributed by atoms with Crippen molar-refractivity contribution < 1.29 is 4.79 Å². The van der Waals surface area contributed by atoms with Gasteiger partial charge in [0.1, 0.15) is 5.82 Å². The summed E-state index contributed by atoms with van der Waals surface area (Å²) in [5.74, 6) is 0.436. The highest BCUT2D eigenvalue weighted by molar-refractivity contribution is 6.43. The minimum Gasteiger partial charge on any atom is -0.351 e. The van der Waals surface area contributed by atoms with E-state index in [0.717, 1.165) is 6.54 Å². The molecule has 0 spiro atoms. The molecule has 5 nitrogen and oxygen atoms in total. The van der Waals surface area contributed by atoms with Crippen LogP contribution in [0.4, 0.5) is 11.5 Å². The van der Waals surface area contributed by atoms with Gasteiger partial charge in [-0.1, -0.05) is 29.3 Å². The van der Waals surface area contributed by atoms with Gasteiger partial charge in [-0.3, -0.25) is 4.79 Å². The van der Waals surface area contributed by atoms with Gasteiger partial charge in [0.25, 0.3) is 5.91 Å². The van der Waals surface area contributed by atoms with Crippen LogP contribution in [0, 0.1) is 0 Å². The van der Waals surface area contributed by atoms with Crippen LogP contribution in [0.25, 0.3) is 0 Å². The van der Waals surface area contributed by atoms with Gasteiger partial charge in [-0.25, -0.2) is 4.98 Å². The van der Waals surface area contributed by atoms with Crippen LogP contribution in [-0.2, 0) is 0 Å². The molecular formula is C16H18Cl2N4O. The van der Waals surface area contributed by atoms with Crippen molar-refractivity contribution >= 4 is 40.6 Å². The summed E-state index contributed by atoms with van der Waals surface area (Å²) in [6.07, 6.45) is 1.52. The number of hydrogen-bond acceptors (Lipinski definition) is 4. The van der Waals surface area contributed by atoms with E-state index in [2.05, 4.69) is 15.6 Å². The Balaban J connectivity index is 1.99. The van der Waals surface area contributed by atoms with Crippen molar-refractivity contribution in [2.24, 2.45) is 0 Å². The van der Waals surface area contributed by atoms with Crippen LogP contribution in [0.15, 0.2) is 36.5 Å². The number of aromatic nitrogens is 1. The van der Waals surface area contributed by atoms with Gasteiger partial charge >= 0.3 is 0 Å². The molecule has 1 aromatic carbocycles. The highest BCUT2D eigenvalue weighted by Crippen LogP contribution is 2.31. The number of benzene rings is 1. The summed E-state index contributed by atoms with van der Waals surface area (Å²) >= 11 is 12.1. The second kappa shape index (κ2) is 8.15. The monoisotopic (exact) mass is 352 g/mol. The largest absolute Gasteiger partial charge is 0.351 e. The van der Waals surface area contributed by atoms with Crippen molar-refractivity contribution in [1.29, 1.82) is 0 Å². The normalized spacial score (nSPS) is 10.7. The highest BCUT2D eigenvalue weighted by Gasteiger charge is 2.08. The number of likely N-dealkylation sites (N-methyl/N-ethyl adjacent to an activating group) is 1. The van der Waals surface area contributed by atoms with Crippen molar-refractivity contribution in [2.75, 3.05) is 32.5 Å². The van der Waals surface area contributed by atoms with Crippen molar-refractivity contribution in [3.8, 4) is 0 Å². The van der Waals surface area contributed by atoms with Crippen molar-refractivity contribution in [2.45, 2.75) is 0 Å². The zero-order valence-corrected chi connectivity index (χ0v) is 14.4. The number of hydrogen-bond donors (Lipinski definition) is 2. The van der Waals surface area contributed by atoms with Crippen molar-refractivity contribution in [3.05, 3.63) is 52.1 Å². The Kier molecular flexibility index (Phi) is 6.21. The first-order chi connectivity index (χ1) is 11.0. The SMILES string of the molecule is CN(C)CCNC(=O)c1ccc(Nc2cccc(Cl)c2Cl)nc1. The molecule has 0 atom stereocenters. The molecule has 0 aliphatic heterocycles. The maximum absolute atomic E-state index is 12.0. The third-order valence-electron chi connectivity index (χ3n) is 3.08. The Morgan fingerprint density at radius 2 is 2.00 bits per heavy atom. The van der Waals surface area contributed by atoms with E-state index < -0.39 is 0 Å². The summed E-state index contributed by atoms with van der Waals surface area (Å²) < 4.78 is 0. The fourth-order valence-corrected chi connectivity index (χ4v) is 2.18. The van der Waals surface area contributed by atoms with Crippen LogP contribution < -0.4 is 10.6 Å². The first kappa shape index (κ1) is 17.5. The van der Waals surface area contributed by atoms with E-state index in [-0.39, 0.29) is 5.91 Å². The summed E-state index contributed by atoms with van der Waals surface area (Å²) in [5.41, 5.74) is 1.17. The minimum absolute atomic E-state index is 0.147. The summed E-state index contributed by atoms with van der Waals surface area (Å²) in [6.45, 7) is 1.37. The van der Waals surface area contributed by atoms with Gasteiger partial charge in [0.2, 0.25) is 0 Å². The lowest BCUT2D eigenvalue weighted by Gasteiger charge is -2.11. The summed E-state index contributed by atoms with van der Waals surface area (Å²) in [6, 6.07) is 8.74. The zero-order chi connectivity index (χ0) is 16.8. The van der Waals surface area contributed by atoms with Crippen LogP contribution in [0.5, 0.6) is 0 Å². The smallest absolute Gasteiger partial charge is 0.252 e. The Morgan fingerprint density at radius 3 is 2.65 bits per heavy atom. The lowest BCUT2D eigenvalue weighted by atomic mass is 10.2. The number of nitrogens with zero attached hydrogens (tertiary/aromatic N) is 2. The van der Waals surface area contributed by atoms with Gasteiger partial charge < -0.3 is 15.5 Å². The molecule has 2 aromatic rings. The molecule has 122 valence electrons. The summed E-state index contributed by atoms with van der Waals surface area (Å²) in [7, 11) is 3.91. The van der Waals surface area contributed by atoms with Gasteiger partial charge in [0.05, 0.1) is 21.3 Å². The van der Waals surface area contributed by atoms with Crippen molar-refractivity contribution in [3.63, 3.8) is 0 Å². The Morgan fingerprint density at radius 1 is 1.22 bits per heavy atom. The molecule has 0 bridgehead atoms. The molecule has 1 amide bonds. The zero-order valence-electron chi connectivity index (χ0n) is 12.9. The molecule has 2 N–H and O–H groups in total. The lowest BCUT2D eigenvalue weighted by molar-refractivity contribution is 0.0950. The van der Waals surface area contributed by atoms with E-state index in [1.54, 1.807) is 30.3 Å². The van der Waals surface area contributed by atoms with Crippen LogP contribution in [0.2, 0.25) is 10.0 Å². The van der Waals surface area contributed by atoms with Gasteiger partial charge in [0.15, 0.2) is 0 Å². The second-order valence-corrected chi connectivity index (χ2v) is 6.00. The van der Waals surface area contributed by atoms with Crippen molar-refractivity contribution in [1.82, 2.24) is 15.2 Å². The fourth-order valence-electron chi connectivity index (χ4n) is 1.84. The predicted molar refractivity (Wildman–Crippen MR) is 94.9 cm³/mol. The second-order valence-electron chi connectivity index (χ2n) is 5.22. The molecular weight excluding hydrogens is 335 g/mol. The molecule has 0 saturated heterocycles. The predicted octanol–water partition coefficient (Wildman–Crippen LogP) is 3.42. The quantitative estimate of drug-likeness (QED) is 0.836. The van der Waals surface area contributed by atoms with Crippen LogP contribution >= 0.6 is 23.2 Å². The minimum atomic E-state index is -0.147. The fraction of sp³-hybridized carbons (Fsp3) is 0.250. The van der Waals surface area contributed by atoms with E-state index in [1.165, 1.54) is 6.20 Å². The molecule has 2 rings (SSSR count). The Hall–Kier alpha value is -1.82. The number of amides is 1. The van der Waals surface area contributed by atoms with Gasteiger partial charge in [0, 0.05) is 19.3 Å². The standard InChI is InChI=1S/C16H18Cl2N4O/c1-22(2)9-8-19-16(23)11-6-7-14(20-10-11)21-13-5-3-4-12(17)15(13)18/h3-7,10H,8-9H2,1-2H3,(H,19,23)(H,20,21). The molecule has 1 heterocycles. The molecule has 0 fully saturated rings. The van der Waals surface area contributed by atoms with E-state index in [4.69, 9.17) is 23.2 Å². The van der Waals surface area contributed by atoms with E-state index in [9.17, 15) is 4.79 Å². The average Bonchev–Trinajstić information content (AvgIpc) is 2.52. The molecule has 0 aliphatic rings. The third-order valence-corrected chi connectivity index (χ3v) is 3.90. The third kappa shape index (κ3) is 5.10. The van der Waals surface area contributed by atoms with Gasteiger partial charge in [-0.05, 0) is 38.4 Å². The number of halogens is 2. The van der Waals surface area contributed by atoms with E-state index in [0.29, 0.717) is 33.7 Å². The Bertz CT molecular complexity index is 674. The summed E-state index contributed by atoms with van der Waals surface area (Å²) in [5, 5.41) is 6.81. The van der Waals surface area contributed by atoms with Gasteiger partial charge in [-0.2, -0.15) is 0 Å². The van der Waals surface area contributed by atoms with E-state index in [1.807, 2.05) is 19.0 Å². The lowest BCUT2D eigenvalue weighted by Crippen LogP contribution is -2.31. The first-order valence-electron chi connectivity index (χ1n) is 7.07.